The summed E-state index contributed by atoms with van der Waals surface area (Å²) >= 11 is 0. The van der Waals surface area contributed by atoms with E-state index in [1.54, 1.807) is 6.20 Å². The molecule has 4 nitrogen and oxygen atoms in total. The van der Waals surface area contributed by atoms with E-state index in [1.807, 2.05) is 19.2 Å². The number of carbonyl (C=O) groups is 1. The van der Waals surface area contributed by atoms with Crippen LogP contribution in [0.25, 0.3) is 0 Å². The van der Waals surface area contributed by atoms with E-state index in [1.165, 1.54) is 37.8 Å². The molecule has 3 fully saturated rings. The van der Waals surface area contributed by atoms with E-state index in [9.17, 15) is 4.79 Å². The van der Waals surface area contributed by atoms with Gasteiger partial charge in [-0.15, -0.1) is 0 Å². The third-order valence-electron chi connectivity index (χ3n) is 7.32. The first kappa shape index (κ1) is 18.8. The Hall–Kier alpha value is -2.20. The van der Waals surface area contributed by atoms with Gasteiger partial charge in [0.05, 0.1) is 5.56 Å². The fraction of sp³-hybridized carbons (Fsp3) is 0.520. The molecular formula is C25H31N3O. The van der Waals surface area contributed by atoms with Crippen molar-refractivity contribution in [1.29, 1.82) is 0 Å². The smallest absolute Gasteiger partial charge is 0.255 e. The molecule has 2 aromatic rings. The minimum Gasteiger partial charge on any atom is -0.338 e. The maximum atomic E-state index is 13.3. The molecule has 0 N–H and O–H groups in total. The first-order chi connectivity index (χ1) is 14.2. The summed E-state index contributed by atoms with van der Waals surface area (Å²) < 4.78 is 0. The zero-order valence-corrected chi connectivity index (χ0v) is 17.3. The van der Waals surface area contributed by atoms with Gasteiger partial charge in [-0.2, -0.15) is 0 Å². The van der Waals surface area contributed by atoms with Gasteiger partial charge in [-0.25, -0.2) is 0 Å². The first-order valence-electron chi connectivity index (χ1n) is 11.2. The molecule has 0 aliphatic carbocycles. The molecule has 0 radical (unpaired) electrons. The lowest BCUT2D eigenvalue weighted by atomic mass is 9.71. The number of aromatic nitrogens is 1. The van der Waals surface area contributed by atoms with Gasteiger partial charge in [0.1, 0.15) is 0 Å². The standard InChI is InChI=1S/C25H31N3O/c1-18-11-20(15-26-14-18)25(29)27-16-21-13-22(17-27)24(12-19-7-3-2-4-8-19)28-10-6-5-9-23(21)28/h2-4,7-8,11,14-15,21-24H,5-6,9-10,12-13,16-17H2,1H3/t21-,22+,23+,24+/m1/s1. The van der Waals surface area contributed by atoms with Crippen molar-refractivity contribution < 1.29 is 4.79 Å². The summed E-state index contributed by atoms with van der Waals surface area (Å²) in [5.74, 6) is 1.34. The molecule has 1 aromatic heterocycles. The van der Waals surface area contributed by atoms with Crippen LogP contribution in [0, 0.1) is 18.8 Å². The fourth-order valence-corrected chi connectivity index (χ4v) is 6.06. The third-order valence-corrected chi connectivity index (χ3v) is 7.32. The molecule has 0 unspecified atom stereocenters. The molecule has 0 saturated carbocycles. The van der Waals surface area contributed by atoms with Crippen molar-refractivity contribution in [2.45, 2.75) is 51.1 Å². The Morgan fingerprint density at radius 1 is 1.10 bits per heavy atom. The van der Waals surface area contributed by atoms with Gasteiger partial charge in [0, 0.05) is 37.6 Å². The summed E-state index contributed by atoms with van der Waals surface area (Å²) in [7, 11) is 0. The number of aryl methyl sites for hydroxylation is 1. The minimum absolute atomic E-state index is 0.165. The average Bonchev–Trinajstić information content (AvgIpc) is 2.77. The summed E-state index contributed by atoms with van der Waals surface area (Å²) in [6.07, 6.45) is 9.86. The number of benzene rings is 1. The molecule has 29 heavy (non-hydrogen) atoms. The van der Waals surface area contributed by atoms with Crippen LogP contribution in [0.15, 0.2) is 48.8 Å². The molecule has 1 amide bonds. The molecule has 4 heterocycles. The number of pyridine rings is 1. The van der Waals surface area contributed by atoms with E-state index in [-0.39, 0.29) is 5.91 Å². The number of fused-ring (bicyclic) bond motifs is 4. The van der Waals surface area contributed by atoms with Crippen LogP contribution in [0.1, 0.15) is 47.2 Å². The van der Waals surface area contributed by atoms with Gasteiger partial charge in [0.15, 0.2) is 0 Å². The van der Waals surface area contributed by atoms with Crippen molar-refractivity contribution in [3.8, 4) is 0 Å². The zero-order valence-electron chi connectivity index (χ0n) is 17.3. The van der Waals surface area contributed by atoms with Crippen molar-refractivity contribution >= 4 is 5.91 Å². The molecule has 3 aliphatic heterocycles. The SMILES string of the molecule is Cc1cncc(C(=O)N2C[C@H]3C[C@@H](C2)[C@H](Cc2ccccc2)N2CCCC[C@@H]32)c1. The molecule has 5 rings (SSSR count). The van der Waals surface area contributed by atoms with Gasteiger partial charge in [0.2, 0.25) is 0 Å². The van der Waals surface area contributed by atoms with Crippen molar-refractivity contribution in [1.82, 2.24) is 14.8 Å². The average molecular weight is 390 g/mol. The van der Waals surface area contributed by atoms with Crippen molar-refractivity contribution in [3.63, 3.8) is 0 Å². The van der Waals surface area contributed by atoms with Crippen LogP contribution < -0.4 is 0 Å². The van der Waals surface area contributed by atoms with Crippen molar-refractivity contribution in [2.24, 2.45) is 11.8 Å². The summed E-state index contributed by atoms with van der Waals surface area (Å²) in [5, 5.41) is 0. The van der Waals surface area contributed by atoms with E-state index in [2.05, 4.69) is 45.1 Å². The Balaban J connectivity index is 1.41. The van der Waals surface area contributed by atoms with Crippen molar-refractivity contribution in [2.75, 3.05) is 19.6 Å². The number of piperidine rings is 3. The Kier molecular flexibility index (Phi) is 5.13. The highest BCUT2D eigenvalue weighted by Gasteiger charge is 2.47. The molecule has 0 spiro atoms. The predicted octanol–water partition coefficient (Wildman–Crippen LogP) is 3.95. The van der Waals surface area contributed by atoms with Crippen LogP contribution in [0.5, 0.6) is 0 Å². The maximum absolute atomic E-state index is 13.3. The molecule has 3 saturated heterocycles. The van der Waals surface area contributed by atoms with Crippen LogP contribution in [-0.4, -0.2) is 52.4 Å². The summed E-state index contributed by atoms with van der Waals surface area (Å²) in [6.45, 7) is 5.02. The van der Waals surface area contributed by atoms with E-state index in [0.29, 0.717) is 23.9 Å². The third kappa shape index (κ3) is 3.71. The lowest BCUT2D eigenvalue weighted by molar-refractivity contribution is -0.0642. The topological polar surface area (TPSA) is 36.4 Å². The number of likely N-dealkylation sites (tertiary alicyclic amines) is 1. The minimum atomic E-state index is 0.165. The molecular weight excluding hydrogens is 358 g/mol. The normalized spacial score (nSPS) is 29.3. The van der Waals surface area contributed by atoms with Gasteiger partial charge in [0.25, 0.3) is 5.91 Å². The number of hydrogen-bond acceptors (Lipinski definition) is 3. The van der Waals surface area contributed by atoms with E-state index >= 15 is 0 Å². The quantitative estimate of drug-likeness (QED) is 0.798. The van der Waals surface area contributed by atoms with Gasteiger partial charge in [-0.05, 0) is 68.2 Å². The molecule has 152 valence electrons. The fourth-order valence-electron chi connectivity index (χ4n) is 6.06. The molecule has 4 atom stereocenters. The Morgan fingerprint density at radius 2 is 1.93 bits per heavy atom. The number of carbonyl (C=O) groups excluding carboxylic acids is 1. The van der Waals surface area contributed by atoms with Gasteiger partial charge < -0.3 is 4.90 Å². The molecule has 2 bridgehead atoms. The molecule has 4 heteroatoms. The highest BCUT2D eigenvalue weighted by atomic mass is 16.2. The van der Waals surface area contributed by atoms with E-state index in [0.717, 1.165) is 30.6 Å². The number of nitrogens with zero attached hydrogens (tertiary/aromatic N) is 3. The molecule has 1 aromatic carbocycles. The van der Waals surface area contributed by atoms with E-state index < -0.39 is 0 Å². The Morgan fingerprint density at radius 3 is 2.76 bits per heavy atom. The van der Waals surface area contributed by atoms with Crippen molar-refractivity contribution in [3.05, 3.63) is 65.5 Å². The van der Waals surface area contributed by atoms with Gasteiger partial charge >= 0.3 is 0 Å². The van der Waals surface area contributed by atoms with Crippen LogP contribution in [0.3, 0.4) is 0 Å². The highest BCUT2D eigenvalue weighted by Crippen LogP contribution is 2.42. The van der Waals surface area contributed by atoms with Crippen LogP contribution in [0.2, 0.25) is 0 Å². The maximum Gasteiger partial charge on any atom is 0.255 e. The Bertz CT molecular complexity index is 867. The summed E-state index contributed by atoms with van der Waals surface area (Å²) in [4.78, 5) is 22.5. The second kappa shape index (κ2) is 7.91. The Labute approximate surface area is 173 Å². The lowest BCUT2D eigenvalue weighted by Gasteiger charge is -2.57. The van der Waals surface area contributed by atoms with Crippen LogP contribution in [0.4, 0.5) is 0 Å². The predicted molar refractivity (Wildman–Crippen MR) is 115 cm³/mol. The summed E-state index contributed by atoms with van der Waals surface area (Å²) in [5.41, 5.74) is 3.21. The molecule has 3 aliphatic rings. The van der Waals surface area contributed by atoms with E-state index in [4.69, 9.17) is 0 Å². The number of rotatable bonds is 3. The second-order valence-corrected chi connectivity index (χ2v) is 9.27. The van der Waals surface area contributed by atoms with Gasteiger partial charge in [-0.3, -0.25) is 14.7 Å². The zero-order chi connectivity index (χ0) is 19.8. The second-order valence-electron chi connectivity index (χ2n) is 9.27. The van der Waals surface area contributed by atoms with Crippen LogP contribution >= 0.6 is 0 Å². The first-order valence-corrected chi connectivity index (χ1v) is 11.2. The highest BCUT2D eigenvalue weighted by molar-refractivity contribution is 5.94. The largest absolute Gasteiger partial charge is 0.338 e. The monoisotopic (exact) mass is 389 g/mol. The lowest BCUT2D eigenvalue weighted by Crippen LogP contribution is -2.64. The van der Waals surface area contributed by atoms with Crippen LogP contribution in [-0.2, 0) is 6.42 Å². The number of hydrogen-bond donors (Lipinski definition) is 0. The summed E-state index contributed by atoms with van der Waals surface area (Å²) in [6, 6.07) is 14.1. The number of amides is 1. The van der Waals surface area contributed by atoms with Gasteiger partial charge in [-0.1, -0.05) is 36.8 Å².